The fraction of sp³-hybridized carbons (Fsp3) is 0.143. The lowest BCUT2D eigenvalue weighted by Gasteiger charge is -2.15. The Morgan fingerprint density at radius 1 is 1.06 bits per heavy atom. The van der Waals surface area contributed by atoms with Gasteiger partial charge in [0.1, 0.15) is 5.75 Å². The first-order valence-corrected chi connectivity index (χ1v) is 10.7. The number of halogens is 1. The molecule has 32 heavy (non-hydrogen) atoms. The summed E-state index contributed by atoms with van der Waals surface area (Å²) in [5.41, 5.74) is -0.860. The van der Waals surface area contributed by atoms with Crippen molar-refractivity contribution in [3.8, 4) is 5.75 Å². The van der Waals surface area contributed by atoms with Gasteiger partial charge in [-0.05, 0) is 42.5 Å². The number of nitrogens with one attached hydrogen (secondary N) is 2. The van der Waals surface area contributed by atoms with E-state index < -0.39 is 11.4 Å². The van der Waals surface area contributed by atoms with E-state index >= 15 is 0 Å². The quantitative estimate of drug-likeness (QED) is 0.428. The number of aromatic amines is 1. The van der Waals surface area contributed by atoms with Crippen molar-refractivity contribution in [1.82, 2.24) is 19.1 Å². The lowest BCUT2D eigenvalue weighted by atomic mass is 10.3. The van der Waals surface area contributed by atoms with Gasteiger partial charge in [-0.3, -0.25) is 9.36 Å². The van der Waals surface area contributed by atoms with Crippen LogP contribution >= 0.6 is 22.9 Å². The van der Waals surface area contributed by atoms with E-state index in [1.165, 1.54) is 22.1 Å². The molecule has 3 heterocycles. The van der Waals surface area contributed by atoms with Crippen LogP contribution in [-0.4, -0.2) is 26.2 Å². The van der Waals surface area contributed by atoms with Gasteiger partial charge < -0.3 is 15.0 Å². The highest BCUT2D eigenvalue weighted by Crippen LogP contribution is 2.23. The summed E-state index contributed by atoms with van der Waals surface area (Å²) >= 11 is 7.36. The standard InChI is InChI=1S/C21H18ClN5O4S/c1-31-15-6-4-14(5-7-15)24-19-25-20(29)27(11-13-3-2-10-23-18(13)28)21(30)26(19)12-16-8-9-17(22)32-16/h2-10H,11-12H2,1H3,(H,23,28)(H,24,25,29). The first-order chi connectivity index (χ1) is 15.4. The third-order valence-electron chi connectivity index (χ3n) is 4.67. The maximum absolute atomic E-state index is 13.3. The van der Waals surface area contributed by atoms with Crippen LogP contribution in [0.5, 0.6) is 5.75 Å². The third-order valence-corrected chi connectivity index (χ3v) is 5.88. The van der Waals surface area contributed by atoms with E-state index in [1.54, 1.807) is 55.6 Å². The first-order valence-electron chi connectivity index (χ1n) is 9.48. The molecule has 0 fully saturated rings. The molecule has 9 nitrogen and oxygen atoms in total. The van der Waals surface area contributed by atoms with Crippen LogP contribution in [0.15, 0.2) is 69.1 Å². The first kappa shape index (κ1) is 21.6. The molecular weight excluding hydrogens is 454 g/mol. The number of ether oxygens (including phenoxy) is 1. The van der Waals surface area contributed by atoms with Crippen molar-refractivity contribution < 1.29 is 4.74 Å². The average Bonchev–Trinajstić information content (AvgIpc) is 3.20. The van der Waals surface area contributed by atoms with Gasteiger partial charge in [-0.15, -0.1) is 11.3 Å². The summed E-state index contributed by atoms with van der Waals surface area (Å²) in [6, 6.07) is 13.7. The Bertz CT molecular complexity index is 1420. The topological polar surface area (TPSA) is 111 Å². The molecule has 0 spiro atoms. The molecule has 0 amide bonds. The van der Waals surface area contributed by atoms with Crippen molar-refractivity contribution in [3.63, 3.8) is 0 Å². The Labute approximate surface area is 190 Å². The van der Waals surface area contributed by atoms with Gasteiger partial charge in [0.2, 0.25) is 5.95 Å². The van der Waals surface area contributed by atoms with E-state index in [0.717, 1.165) is 9.44 Å². The van der Waals surface area contributed by atoms with Gasteiger partial charge in [-0.1, -0.05) is 17.7 Å². The van der Waals surface area contributed by atoms with Crippen LogP contribution in [-0.2, 0) is 13.1 Å². The number of nitrogens with zero attached hydrogens (tertiary/aromatic N) is 3. The second kappa shape index (κ2) is 9.25. The Morgan fingerprint density at radius 3 is 2.50 bits per heavy atom. The summed E-state index contributed by atoms with van der Waals surface area (Å²) in [7, 11) is 1.56. The number of H-pyrrole nitrogens is 1. The van der Waals surface area contributed by atoms with Gasteiger partial charge in [-0.2, -0.15) is 4.98 Å². The molecule has 0 bridgehead atoms. The van der Waals surface area contributed by atoms with Crippen molar-refractivity contribution in [1.29, 1.82) is 0 Å². The summed E-state index contributed by atoms with van der Waals surface area (Å²) < 4.78 is 8.00. The van der Waals surface area contributed by atoms with Crippen molar-refractivity contribution in [2.24, 2.45) is 0 Å². The number of hydrogen-bond donors (Lipinski definition) is 2. The Hall–Kier alpha value is -3.63. The summed E-state index contributed by atoms with van der Waals surface area (Å²) in [4.78, 5) is 45.5. The number of methoxy groups -OCH3 is 1. The van der Waals surface area contributed by atoms with E-state index in [-0.39, 0.29) is 30.2 Å². The average molecular weight is 472 g/mol. The highest BCUT2D eigenvalue weighted by atomic mass is 35.5. The molecule has 0 unspecified atom stereocenters. The van der Waals surface area contributed by atoms with Crippen LogP contribution in [0.1, 0.15) is 10.4 Å². The van der Waals surface area contributed by atoms with Crippen molar-refractivity contribution in [3.05, 3.63) is 101 Å². The molecule has 1 aromatic carbocycles. The SMILES string of the molecule is COc1ccc(Nc2nc(=O)n(Cc3ccc[nH]c3=O)c(=O)n2Cc2ccc(Cl)s2)cc1. The highest BCUT2D eigenvalue weighted by molar-refractivity contribution is 7.16. The number of pyridine rings is 1. The molecule has 0 radical (unpaired) electrons. The van der Waals surface area contributed by atoms with Crippen molar-refractivity contribution in [2.45, 2.75) is 13.1 Å². The maximum Gasteiger partial charge on any atom is 0.355 e. The molecule has 0 saturated heterocycles. The van der Waals surface area contributed by atoms with E-state index in [0.29, 0.717) is 15.8 Å². The molecule has 4 rings (SSSR count). The largest absolute Gasteiger partial charge is 0.497 e. The van der Waals surface area contributed by atoms with E-state index in [9.17, 15) is 14.4 Å². The molecule has 11 heteroatoms. The molecular formula is C21H18ClN5O4S. The van der Waals surface area contributed by atoms with Crippen LogP contribution in [0.25, 0.3) is 0 Å². The van der Waals surface area contributed by atoms with Crippen LogP contribution in [0, 0.1) is 0 Å². The second-order valence-corrected chi connectivity index (χ2v) is 8.56. The van der Waals surface area contributed by atoms with Gasteiger partial charge in [-0.25, -0.2) is 14.2 Å². The summed E-state index contributed by atoms with van der Waals surface area (Å²) in [5.74, 6) is 0.741. The monoisotopic (exact) mass is 471 g/mol. The minimum atomic E-state index is -0.769. The van der Waals surface area contributed by atoms with E-state index in [4.69, 9.17) is 16.3 Å². The summed E-state index contributed by atoms with van der Waals surface area (Å²) in [6.07, 6.45) is 1.48. The molecule has 164 valence electrons. The minimum Gasteiger partial charge on any atom is -0.497 e. The summed E-state index contributed by atoms with van der Waals surface area (Å²) in [6.45, 7) is -0.0536. The second-order valence-electron chi connectivity index (χ2n) is 6.76. The third kappa shape index (κ3) is 4.66. The van der Waals surface area contributed by atoms with Crippen molar-refractivity contribution >= 4 is 34.6 Å². The van der Waals surface area contributed by atoms with E-state index in [1.807, 2.05) is 0 Å². The number of benzene rings is 1. The van der Waals surface area contributed by atoms with Gasteiger partial charge in [0, 0.05) is 22.3 Å². The zero-order valence-corrected chi connectivity index (χ0v) is 18.4. The molecule has 2 N–H and O–H groups in total. The number of aromatic nitrogens is 4. The number of rotatable bonds is 7. The Balaban J connectivity index is 1.79. The van der Waals surface area contributed by atoms with Gasteiger partial charge in [0.05, 0.1) is 24.5 Å². The molecule has 4 aromatic rings. The van der Waals surface area contributed by atoms with Gasteiger partial charge in [0.15, 0.2) is 0 Å². The molecule has 0 saturated carbocycles. The molecule has 0 aliphatic rings. The minimum absolute atomic E-state index is 0.0768. The smallest absolute Gasteiger partial charge is 0.355 e. The zero-order valence-electron chi connectivity index (χ0n) is 16.9. The Morgan fingerprint density at radius 2 is 1.84 bits per heavy atom. The molecule has 0 aliphatic carbocycles. The van der Waals surface area contributed by atoms with E-state index in [2.05, 4.69) is 15.3 Å². The molecule has 0 aliphatic heterocycles. The molecule has 3 aromatic heterocycles. The van der Waals surface area contributed by atoms with Crippen LogP contribution in [0.3, 0.4) is 0 Å². The fourth-order valence-corrected chi connectivity index (χ4v) is 4.13. The number of hydrogen-bond acceptors (Lipinski definition) is 7. The Kier molecular flexibility index (Phi) is 6.24. The van der Waals surface area contributed by atoms with Gasteiger partial charge in [0.25, 0.3) is 5.56 Å². The van der Waals surface area contributed by atoms with Crippen molar-refractivity contribution in [2.75, 3.05) is 12.4 Å². The maximum atomic E-state index is 13.3. The predicted octanol–water partition coefficient (Wildman–Crippen LogP) is 2.66. The van der Waals surface area contributed by atoms with Crippen LogP contribution in [0.2, 0.25) is 4.34 Å². The normalized spacial score (nSPS) is 10.8. The lowest BCUT2D eigenvalue weighted by Crippen LogP contribution is -2.43. The fourth-order valence-electron chi connectivity index (χ4n) is 3.05. The predicted molar refractivity (Wildman–Crippen MR) is 124 cm³/mol. The number of anilines is 2. The summed E-state index contributed by atoms with van der Waals surface area (Å²) in [5, 5.41) is 3.02. The highest BCUT2D eigenvalue weighted by Gasteiger charge is 2.16. The van der Waals surface area contributed by atoms with Crippen LogP contribution in [0.4, 0.5) is 11.6 Å². The lowest BCUT2D eigenvalue weighted by molar-refractivity contribution is 0.415. The van der Waals surface area contributed by atoms with Crippen LogP contribution < -0.4 is 27.0 Å². The number of thiophene rings is 1. The zero-order chi connectivity index (χ0) is 22.7. The van der Waals surface area contributed by atoms with Gasteiger partial charge >= 0.3 is 11.4 Å². The molecule has 0 atom stereocenters.